The quantitative estimate of drug-likeness (QED) is 0.334. The smallest absolute Gasteiger partial charge is 0.332 e. The van der Waals surface area contributed by atoms with E-state index < -0.39 is 13.9 Å². The lowest BCUT2D eigenvalue weighted by atomic mass is 9.92. The monoisotopic (exact) mass is 469 g/mol. The zero-order chi connectivity index (χ0) is 24.2. The minimum atomic E-state index is -3.34. The molecule has 33 heavy (non-hydrogen) atoms. The van der Waals surface area contributed by atoms with Crippen molar-refractivity contribution in [2.75, 3.05) is 6.61 Å². The molecule has 0 unspecified atom stereocenters. The summed E-state index contributed by atoms with van der Waals surface area (Å²) < 4.78 is 9.27. The molecule has 2 atom stereocenters. The van der Waals surface area contributed by atoms with Gasteiger partial charge in [-0.25, -0.2) is 9.88 Å². The van der Waals surface area contributed by atoms with Crippen molar-refractivity contribution in [3.63, 3.8) is 0 Å². The van der Waals surface area contributed by atoms with Gasteiger partial charge in [-0.3, -0.25) is 0 Å². The highest BCUT2D eigenvalue weighted by atomic mass is 31.2. The second-order valence-corrected chi connectivity index (χ2v) is 11.1. The van der Waals surface area contributed by atoms with Gasteiger partial charge < -0.3 is 9.63 Å². The Morgan fingerprint density at radius 1 is 0.970 bits per heavy atom. The van der Waals surface area contributed by atoms with Gasteiger partial charge in [0.2, 0.25) is 7.94 Å². The largest absolute Gasteiger partial charge is 0.632 e. The van der Waals surface area contributed by atoms with Crippen LogP contribution in [0.2, 0.25) is 0 Å². The van der Waals surface area contributed by atoms with Crippen LogP contribution >= 0.6 is 7.94 Å². The summed E-state index contributed by atoms with van der Waals surface area (Å²) >= 11 is 0. The number of hydrogen-bond acceptors (Lipinski definition) is 6. The number of carbonyl (C=O) groups excluding carboxylic acids is 1. The van der Waals surface area contributed by atoms with E-state index in [1.165, 1.54) is 6.08 Å². The maximum Gasteiger partial charge on any atom is 0.332 e. The molecule has 0 bridgehead atoms. The number of nitrogens with zero attached hydrogens (tertiary/aromatic N) is 2. The van der Waals surface area contributed by atoms with Crippen molar-refractivity contribution in [1.82, 2.24) is 14.4 Å². The van der Waals surface area contributed by atoms with Crippen LogP contribution in [0.25, 0.3) is 0 Å². The summed E-state index contributed by atoms with van der Waals surface area (Å²) in [5.41, 5.74) is 2.74. The summed E-state index contributed by atoms with van der Waals surface area (Å²) in [7, 11) is -3.34. The van der Waals surface area contributed by atoms with Crippen LogP contribution in [0.1, 0.15) is 64.8 Å². The lowest BCUT2D eigenvalue weighted by molar-refractivity contribution is -0.196. The first-order valence-electron chi connectivity index (χ1n) is 11.6. The topological polar surface area (TPSA) is 67.9 Å². The predicted molar refractivity (Wildman–Crippen MR) is 133 cm³/mol. The van der Waals surface area contributed by atoms with Crippen LogP contribution < -0.4 is 9.98 Å². The normalized spacial score (nSPS) is 21.5. The van der Waals surface area contributed by atoms with Gasteiger partial charge in [0, 0.05) is 18.2 Å². The van der Waals surface area contributed by atoms with Crippen LogP contribution in [0.3, 0.4) is 0 Å². The SMILES string of the molecule is CCOC(=O)/C=C(/C)N[P+]1([O-])N(C(C)C)[C@@H](c2ccccc2)[C@H](c2ccccc2)N1C(C)C. The molecule has 2 aromatic rings. The summed E-state index contributed by atoms with van der Waals surface area (Å²) in [6, 6.07) is 20.2. The third-order valence-corrected chi connectivity index (χ3v) is 9.10. The summed E-state index contributed by atoms with van der Waals surface area (Å²) in [4.78, 5) is 27.1. The van der Waals surface area contributed by atoms with Crippen molar-refractivity contribution in [2.24, 2.45) is 0 Å². The van der Waals surface area contributed by atoms with E-state index >= 15 is 4.89 Å². The minimum absolute atomic E-state index is 0.0149. The standard InChI is InChI=1S/C26H36N3O3P/c1-7-32-24(30)18-21(6)27-33(31)28(19(2)3)25(22-14-10-8-11-15-22)26(29(33)20(4)5)23-16-12-9-13-17-23/h8-20,25-26H,7H2,1-6H3,(H,27,31)/b21-18-/t25-,26-/m0/s1. The summed E-state index contributed by atoms with van der Waals surface area (Å²) in [5, 5.41) is 3.27. The first kappa shape index (κ1) is 25.4. The molecule has 0 aromatic heterocycles. The van der Waals surface area contributed by atoms with E-state index in [0.717, 1.165) is 11.1 Å². The molecule has 1 N–H and O–H groups in total. The number of rotatable bonds is 8. The molecule has 6 nitrogen and oxygen atoms in total. The summed E-state index contributed by atoms with van der Waals surface area (Å²) in [6.45, 7) is 12.1. The fraction of sp³-hybridized carbons (Fsp3) is 0.423. The van der Waals surface area contributed by atoms with Crippen molar-refractivity contribution in [1.29, 1.82) is 0 Å². The molecule has 0 aliphatic carbocycles. The number of hydrogen-bond donors (Lipinski definition) is 1. The lowest BCUT2D eigenvalue weighted by Crippen LogP contribution is -2.46. The van der Waals surface area contributed by atoms with Crippen LogP contribution in [0, 0.1) is 0 Å². The number of benzene rings is 2. The second-order valence-electron chi connectivity index (χ2n) is 8.89. The highest BCUT2D eigenvalue weighted by Gasteiger charge is 2.62. The molecule has 1 heterocycles. The van der Waals surface area contributed by atoms with E-state index in [1.807, 2.05) is 36.4 Å². The average Bonchev–Trinajstić information content (AvgIpc) is 3.04. The molecule has 0 spiro atoms. The third kappa shape index (κ3) is 5.30. The van der Waals surface area contributed by atoms with Crippen LogP contribution in [0.5, 0.6) is 0 Å². The van der Waals surface area contributed by atoms with Gasteiger partial charge in [0.25, 0.3) is 0 Å². The Morgan fingerprint density at radius 2 is 1.39 bits per heavy atom. The van der Waals surface area contributed by atoms with Gasteiger partial charge in [0.05, 0.1) is 24.4 Å². The Morgan fingerprint density at radius 3 is 1.76 bits per heavy atom. The van der Waals surface area contributed by atoms with Gasteiger partial charge in [-0.1, -0.05) is 60.7 Å². The molecule has 7 heteroatoms. The first-order valence-corrected chi connectivity index (χ1v) is 13.2. The molecular formula is C26H36N3O3P. The Bertz CT molecular complexity index is 892. The van der Waals surface area contributed by atoms with E-state index in [1.54, 1.807) is 13.8 Å². The van der Waals surface area contributed by atoms with Gasteiger partial charge in [-0.05, 0) is 52.7 Å². The number of allylic oxidation sites excluding steroid dienone is 1. The zero-order valence-electron chi connectivity index (χ0n) is 20.4. The maximum atomic E-state index is 15.0. The summed E-state index contributed by atoms with van der Waals surface area (Å²) in [6.07, 6.45) is 1.38. The van der Waals surface area contributed by atoms with Crippen molar-refractivity contribution < 1.29 is 14.4 Å². The number of nitrogens with one attached hydrogen (secondary N) is 1. The highest BCUT2D eigenvalue weighted by molar-refractivity contribution is 7.62. The molecule has 1 aliphatic heterocycles. The molecule has 0 saturated carbocycles. The predicted octanol–water partition coefficient (Wildman–Crippen LogP) is 5.00. The fourth-order valence-electron chi connectivity index (χ4n) is 4.72. The van der Waals surface area contributed by atoms with Crippen molar-refractivity contribution >= 4 is 13.9 Å². The Hall–Kier alpha value is -2.24. The molecule has 0 amide bonds. The Kier molecular flexibility index (Phi) is 8.30. The number of carbonyl (C=O) groups is 1. The molecule has 1 fully saturated rings. The van der Waals surface area contributed by atoms with Gasteiger partial charge in [0.1, 0.15) is 0 Å². The van der Waals surface area contributed by atoms with Crippen LogP contribution in [-0.2, 0) is 9.53 Å². The second kappa shape index (κ2) is 10.8. The van der Waals surface area contributed by atoms with E-state index in [-0.39, 0.29) is 24.2 Å². The van der Waals surface area contributed by atoms with Crippen LogP contribution in [0.15, 0.2) is 72.4 Å². The van der Waals surface area contributed by atoms with Gasteiger partial charge in [-0.15, -0.1) is 9.34 Å². The van der Waals surface area contributed by atoms with Gasteiger partial charge in [0.15, 0.2) is 0 Å². The third-order valence-electron chi connectivity index (χ3n) is 5.78. The number of esters is 1. The molecular weight excluding hydrogens is 433 g/mol. The van der Waals surface area contributed by atoms with Crippen molar-refractivity contribution in [3.8, 4) is 0 Å². The molecule has 2 aromatic carbocycles. The van der Waals surface area contributed by atoms with Gasteiger partial charge in [-0.2, -0.15) is 0 Å². The summed E-state index contributed by atoms with van der Waals surface area (Å²) in [5.74, 6) is -0.445. The minimum Gasteiger partial charge on any atom is -0.632 e. The van der Waals surface area contributed by atoms with Crippen molar-refractivity contribution in [3.05, 3.63) is 83.6 Å². The van der Waals surface area contributed by atoms with E-state index in [0.29, 0.717) is 12.3 Å². The van der Waals surface area contributed by atoms with E-state index in [4.69, 9.17) is 4.74 Å². The zero-order valence-corrected chi connectivity index (χ0v) is 21.3. The molecule has 1 saturated heterocycles. The Labute approximate surface area is 198 Å². The molecule has 0 radical (unpaired) electrons. The Balaban J connectivity index is 2.19. The van der Waals surface area contributed by atoms with E-state index in [2.05, 4.69) is 66.4 Å². The molecule has 1 aliphatic rings. The fourth-order valence-corrected chi connectivity index (χ4v) is 8.16. The molecule has 3 rings (SSSR count). The maximum absolute atomic E-state index is 15.0. The highest BCUT2D eigenvalue weighted by Crippen LogP contribution is 2.71. The van der Waals surface area contributed by atoms with Crippen LogP contribution in [-0.4, -0.2) is 34.0 Å². The average molecular weight is 470 g/mol. The van der Waals surface area contributed by atoms with Gasteiger partial charge >= 0.3 is 5.97 Å². The lowest BCUT2D eigenvalue weighted by Gasteiger charge is -2.43. The molecule has 178 valence electrons. The number of ether oxygens (including phenoxy) is 1. The first-order chi connectivity index (χ1) is 15.7. The van der Waals surface area contributed by atoms with E-state index in [9.17, 15) is 4.79 Å². The van der Waals surface area contributed by atoms with Crippen LogP contribution in [0.4, 0.5) is 0 Å². The van der Waals surface area contributed by atoms with Crippen molar-refractivity contribution in [2.45, 2.75) is 65.7 Å².